The van der Waals surface area contributed by atoms with Crippen LogP contribution >= 0.6 is 0 Å². The Balaban J connectivity index is 1.79. The van der Waals surface area contributed by atoms with Crippen molar-refractivity contribution < 1.29 is 4.74 Å². The third-order valence-corrected chi connectivity index (χ3v) is 4.08. The van der Waals surface area contributed by atoms with Crippen LogP contribution < -0.4 is 4.74 Å². The molecule has 1 aromatic carbocycles. The standard InChI is InChI=1S/C20H19N5O/c1-2-26-20-16(9-6-10-23-20)13-25-14-24-17(15-7-4-3-5-8-15)18(25)19-21-11-12-22-19/h3-12,14H,2,13H2,1H3,(H,21,22). The van der Waals surface area contributed by atoms with Gasteiger partial charge in [-0.25, -0.2) is 15.0 Å². The number of nitrogens with one attached hydrogen (secondary N) is 1. The third-order valence-electron chi connectivity index (χ3n) is 4.08. The molecular weight excluding hydrogens is 326 g/mol. The molecule has 0 aliphatic rings. The zero-order valence-corrected chi connectivity index (χ0v) is 14.5. The van der Waals surface area contributed by atoms with E-state index in [2.05, 4.69) is 36.6 Å². The lowest BCUT2D eigenvalue weighted by atomic mass is 10.1. The number of ether oxygens (including phenoxy) is 1. The monoisotopic (exact) mass is 345 g/mol. The first-order valence-corrected chi connectivity index (χ1v) is 8.53. The zero-order valence-electron chi connectivity index (χ0n) is 14.5. The van der Waals surface area contributed by atoms with Gasteiger partial charge in [0.25, 0.3) is 0 Å². The Bertz CT molecular complexity index is 977. The molecule has 0 fully saturated rings. The molecule has 0 radical (unpaired) electrons. The quantitative estimate of drug-likeness (QED) is 0.577. The molecule has 130 valence electrons. The van der Waals surface area contributed by atoms with E-state index >= 15 is 0 Å². The van der Waals surface area contributed by atoms with Crippen LogP contribution in [0.25, 0.3) is 22.8 Å². The second-order valence-corrected chi connectivity index (χ2v) is 5.77. The number of H-pyrrole nitrogens is 1. The smallest absolute Gasteiger partial charge is 0.218 e. The second kappa shape index (κ2) is 7.23. The fourth-order valence-corrected chi connectivity index (χ4v) is 2.95. The number of rotatable bonds is 6. The minimum Gasteiger partial charge on any atom is -0.478 e. The second-order valence-electron chi connectivity index (χ2n) is 5.77. The van der Waals surface area contributed by atoms with Crippen molar-refractivity contribution in [3.05, 3.63) is 72.9 Å². The maximum atomic E-state index is 5.66. The van der Waals surface area contributed by atoms with Crippen molar-refractivity contribution in [2.45, 2.75) is 13.5 Å². The molecule has 26 heavy (non-hydrogen) atoms. The number of hydrogen-bond donors (Lipinski definition) is 1. The SMILES string of the molecule is CCOc1ncccc1Cn1cnc(-c2ccccc2)c1-c1ncc[nH]1. The Morgan fingerprint density at radius 1 is 1.00 bits per heavy atom. The third kappa shape index (κ3) is 3.09. The normalized spacial score (nSPS) is 10.8. The lowest BCUT2D eigenvalue weighted by molar-refractivity contribution is 0.322. The summed E-state index contributed by atoms with van der Waals surface area (Å²) in [6.45, 7) is 3.13. The van der Waals surface area contributed by atoms with Crippen LogP contribution in [0.2, 0.25) is 0 Å². The van der Waals surface area contributed by atoms with Gasteiger partial charge in [0.1, 0.15) is 5.69 Å². The van der Waals surface area contributed by atoms with Crippen molar-refractivity contribution in [2.24, 2.45) is 0 Å². The van der Waals surface area contributed by atoms with Gasteiger partial charge in [-0.3, -0.25) is 0 Å². The Morgan fingerprint density at radius 3 is 2.65 bits per heavy atom. The summed E-state index contributed by atoms with van der Waals surface area (Å²) in [5.41, 5.74) is 3.88. The van der Waals surface area contributed by atoms with Crippen LogP contribution in [0.3, 0.4) is 0 Å². The molecule has 0 bridgehead atoms. The molecule has 0 saturated heterocycles. The number of pyridine rings is 1. The first-order chi connectivity index (χ1) is 12.9. The first-order valence-electron chi connectivity index (χ1n) is 8.53. The fraction of sp³-hybridized carbons (Fsp3) is 0.150. The van der Waals surface area contributed by atoms with Crippen molar-refractivity contribution in [1.29, 1.82) is 0 Å². The summed E-state index contributed by atoms with van der Waals surface area (Å²) in [7, 11) is 0. The molecule has 0 saturated carbocycles. The van der Waals surface area contributed by atoms with Gasteiger partial charge in [0.2, 0.25) is 5.88 Å². The average Bonchev–Trinajstić information content (AvgIpc) is 3.34. The molecule has 4 rings (SSSR count). The molecule has 1 N–H and O–H groups in total. The van der Waals surface area contributed by atoms with Crippen LogP contribution in [0.1, 0.15) is 12.5 Å². The zero-order chi connectivity index (χ0) is 17.8. The van der Waals surface area contributed by atoms with E-state index in [1.54, 1.807) is 12.4 Å². The predicted molar refractivity (Wildman–Crippen MR) is 99.8 cm³/mol. The number of benzene rings is 1. The van der Waals surface area contributed by atoms with E-state index in [4.69, 9.17) is 4.74 Å². The van der Waals surface area contributed by atoms with Gasteiger partial charge in [-0.05, 0) is 13.0 Å². The fourth-order valence-electron chi connectivity index (χ4n) is 2.95. The van der Waals surface area contributed by atoms with Gasteiger partial charge in [0.15, 0.2) is 5.82 Å². The van der Waals surface area contributed by atoms with Crippen molar-refractivity contribution >= 4 is 0 Å². The minimum absolute atomic E-state index is 0.578. The molecule has 3 aromatic heterocycles. The molecular formula is C20H19N5O. The summed E-state index contributed by atoms with van der Waals surface area (Å²) >= 11 is 0. The molecule has 6 heteroatoms. The molecule has 6 nitrogen and oxygen atoms in total. The predicted octanol–water partition coefficient (Wildman–Crippen LogP) is 3.78. The highest BCUT2D eigenvalue weighted by atomic mass is 16.5. The molecule has 0 amide bonds. The van der Waals surface area contributed by atoms with Crippen LogP contribution in [0, 0.1) is 0 Å². The van der Waals surface area contributed by atoms with Gasteiger partial charge in [0.05, 0.1) is 25.2 Å². The number of aromatic nitrogens is 5. The van der Waals surface area contributed by atoms with E-state index in [1.807, 2.05) is 49.8 Å². The Labute approximate surface area is 151 Å². The largest absolute Gasteiger partial charge is 0.478 e. The summed E-state index contributed by atoms with van der Waals surface area (Å²) in [5.74, 6) is 1.43. The van der Waals surface area contributed by atoms with Crippen molar-refractivity contribution in [1.82, 2.24) is 24.5 Å². The summed E-state index contributed by atoms with van der Waals surface area (Å²) in [6.07, 6.45) is 7.14. The molecule has 0 aliphatic heterocycles. The molecule has 0 atom stereocenters. The summed E-state index contributed by atoms with van der Waals surface area (Å²) in [6, 6.07) is 14.1. The van der Waals surface area contributed by atoms with Gasteiger partial charge in [-0.1, -0.05) is 36.4 Å². The van der Waals surface area contributed by atoms with Gasteiger partial charge < -0.3 is 14.3 Å². The van der Waals surface area contributed by atoms with E-state index in [0.29, 0.717) is 19.0 Å². The Morgan fingerprint density at radius 2 is 1.88 bits per heavy atom. The summed E-state index contributed by atoms with van der Waals surface area (Å²) in [4.78, 5) is 16.6. The Kier molecular flexibility index (Phi) is 4.47. The highest BCUT2D eigenvalue weighted by Gasteiger charge is 2.18. The summed E-state index contributed by atoms with van der Waals surface area (Å²) in [5, 5.41) is 0. The summed E-state index contributed by atoms with van der Waals surface area (Å²) < 4.78 is 7.73. The number of aromatic amines is 1. The molecule has 0 aliphatic carbocycles. The van der Waals surface area contributed by atoms with E-state index in [-0.39, 0.29) is 0 Å². The van der Waals surface area contributed by atoms with Crippen molar-refractivity contribution in [3.8, 4) is 28.7 Å². The molecule has 3 heterocycles. The minimum atomic E-state index is 0.578. The van der Waals surface area contributed by atoms with Crippen molar-refractivity contribution in [3.63, 3.8) is 0 Å². The number of nitrogens with zero attached hydrogens (tertiary/aromatic N) is 4. The van der Waals surface area contributed by atoms with Crippen LogP contribution in [-0.2, 0) is 6.54 Å². The average molecular weight is 345 g/mol. The van der Waals surface area contributed by atoms with E-state index < -0.39 is 0 Å². The lowest BCUT2D eigenvalue weighted by Crippen LogP contribution is -2.05. The van der Waals surface area contributed by atoms with Gasteiger partial charge >= 0.3 is 0 Å². The topological polar surface area (TPSA) is 68.6 Å². The number of hydrogen-bond acceptors (Lipinski definition) is 4. The van der Waals surface area contributed by atoms with E-state index in [9.17, 15) is 0 Å². The number of imidazole rings is 2. The van der Waals surface area contributed by atoms with Crippen molar-refractivity contribution in [2.75, 3.05) is 6.61 Å². The van der Waals surface area contributed by atoms with Gasteiger partial charge in [-0.2, -0.15) is 0 Å². The first kappa shape index (κ1) is 16.1. The van der Waals surface area contributed by atoms with E-state index in [1.165, 1.54) is 0 Å². The molecule has 0 spiro atoms. The maximum absolute atomic E-state index is 5.66. The van der Waals surface area contributed by atoms with E-state index in [0.717, 1.165) is 28.3 Å². The molecule has 4 aromatic rings. The Hall–Kier alpha value is -3.41. The van der Waals surface area contributed by atoms with Crippen LogP contribution in [0.4, 0.5) is 0 Å². The lowest BCUT2D eigenvalue weighted by Gasteiger charge is -2.12. The van der Waals surface area contributed by atoms with Crippen LogP contribution in [-0.4, -0.2) is 31.1 Å². The van der Waals surface area contributed by atoms with Gasteiger partial charge in [0, 0.05) is 29.7 Å². The van der Waals surface area contributed by atoms with Crippen LogP contribution in [0.15, 0.2) is 67.4 Å². The maximum Gasteiger partial charge on any atom is 0.218 e. The molecule has 0 unspecified atom stereocenters. The van der Waals surface area contributed by atoms with Gasteiger partial charge in [-0.15, -0.1) is 0 Å². The van der Waals surface area contributed by atoms with Crippen LogP contribution in [0.5, 0.6) is 5.88 Å². The highest BCUT2D eigenvalue weighted by molar-refractivity contribution is 5.75. The highest BCUT2D eigenvalue weighted by Crippen LogP contribution is 2.30.